The topological polar surface area (TPSA) is 0 Å². The molecule has 0 amide bonds. The van der Waals surface area contributed by atoms with Gasteiger partial charge in [0, 0.05) is 25.8 Å². The Labute approximate surface area is 111 Å². The van der Waals surface area contributed by atoms with E-state index in [9.17, 15) is 0 Å². The van der Waals surface area contributed by atoms with Gasteiger partial charge in [0.05, 0.1) is 0 Å². The molecule has 0 spiro atoms. The Morgan fingerprint density at radius 3 is 1.29 bits per heavy atom. The molecule has 85 valence electrons. The standard InChI is InChI=1S/C7H15.C6H13.Sc/c1-3-5-7-6-4-2;1-3-5-6-4-2;/h1,3-7H2,2H3;1,3-6H2,2H3;/q2*-1;. The van der Waals surface area contributed by atoms with E-state index in [-0.39, 0.29) is 25.8 Å². The van der Waals surface area contributed by atoms with Gasteiger partial charge in [0.25, 0.3) is 0 Å². The molecule has 0 N–H and O–H groups in total. The van der Waals surface area contributed by atoms with E-state index < -0.39 is 0 Å². The third-order valence-electron chi connectivity index (χ3n) is 1.96. The van der Waals surface area contributed by atoms with E-state index in [4.69, 9.17) is 0 Å². The molecular weight excluding hydrogens is 201 g/mol. The van der Waals surface area contributed by atoms with Gasteiger partial charge in [-0.15, -0.1) is 0 Å². The van der Waals surface area contributed by atoms with Gasteiger partial charge in [0.15, 0.2) is 0 Å². The maximum atomic E-state index is 3.76. The molecule has 0 aromatic carbocycles. The Morgan fingerprint density at radius 1 is 0.643 bits per heavy atom. The van der Waals surface area contributed by atoms with Crippen molar-refractivity contribution in [3.05, 3.63) is 13.8 Å². The predicted octanol–water partition coefficient (Wildman–Crippen LogP) is 5.19. The molecule has 0 aliphatic carbocycles. The zero-order chi connectivity index (χ0) is 10.4. The average molecular weight is 229 g/mol. The van der Waals surface area contributed by atoms with Gasteiger partial charge >= 0.3 is 0 Å². The largest absolute Gasteiger partial charge is 0.343 e. The second-order valence-corrected chi connectivity index (χ2v) is 3.47. The van der Waals surface area contributed by atoms with Crippen LogP contribution >= 0.6 is 0 Å². The van der Waals surface area contributed by atoms with Crippen molar-refractivity contribution in [3.63, 3.8) is 0 Å². The van der Waals surface area contributed by atoms with E-state index in [0.717, 1.165) is 12.8 Å². The Hall–Kier alpha value is 0.870. The van der Waals surface area contributed by atoms with Crippen LogP contribution in [0.4, 0.5) is 0 Å². The summed E-state index contributed by atoms with van der Waals surface area (Å²) in [5, 5.41) is 0. The first-order chi connectivity index (χ1) is 6.33. The second-order valence-electron chi connectivity index (χ2n) is 3.47. The molecule has 0 atom stereocenters. The summed E-state index contributed by atoms with van der Waals surface area (Å²) in [7, 11) is 0. The van der Waals surface area contributed by atoms with Crippen molar-refractivity contribution in [2.75, 3.05) is 0 Å². The molecule has 0 aromatic rings. The van der Waals surface area contributed by atoms with E-state index in [1.54, 1.807) is 0 Å². The van der Waals surface area contributed by atoms with E-state index in [1.165, 1.54) is 44.9 Å². The quantitative estimate of drug-likeness (QED) is 0.416. The molecule has 0 aliphatic rings. The first-order valence-corrected chi connectivity index (χ1v) is 5.91. The number of hydrogen-bond donors (Lipinski definition) is 0. The van der Waals surface area contributed by atoms with Crippen LogP contribution in [0.25, 0.3) is 0 Å². The predicted molar refractivity (Wildman–Crippen MR) is 63.6 cm³/mol. The zero-order valence-electron chi connectivity index (χ0n) is 10.4. The maximum absolute atomic E-state index is 3.76. The molecule has 0 rings (SSSR count). The Kier molecular flexibility index (Phi) is 34.2. The zero-order valence-corrected chi connectivity index (χ0v) is 12.2. The Morgan fingerprint density at radius 2 is 1.00 bits per heavy atom. The minimum absolute atomic E-state index is 0. The van der Waals surface area contributed by atoms with Gasteiger partial charge in [-0.3, -0.25) is 0 Å². The van der Waals surface area contributed by atoms with Gasteiger partial charge in [-0.2, -0.15) is 12.8 Å². The first-order valence-electron chi connectivity index (χ1n) is 5.91. The summed E-state index contributed by atoms with van der Waals surface area (Å²) in [5.41, 5.74) is 0. The molecular formula is C13H28Sc-2. The molecule has 0 unspecified atom stereocenters. The molecule has 0 bridgehead atoms. The summed E-state index contributed by atoms with van der Waals surface area (Å²) in [6.07, 6.45) is 11.6. The van der Waals surface area contributed by atoms with Crippen molar-refractivity contribution in [3.8, 4) is 0 Å². The van der Waals surface area contributed by atoms with Crippen LogP contribution in [-0.4, -0.2) is 0 Å². The van der Waals surface area contributed by atoms with Gasteiger partial charge < -0.3 is 13.8 Å². The molecule has 0 saturated carbocycles. The van der Waals surface area contributed by atoms with Crippen molar-refractivity contribution in [2.45, 2.75) is 71.6 Å². The fourth-order valence-corrected chi connectivity index (χ4v) is 1.03. The number of hydrogen-bond acceptors (Lipinski definition) is 0. The van der Waals surface area contributed by atoms with Crippen molar-refractivity contribution < 1.29 is 25.8 Å². The van der Waals surface area contributed by atoms with Crippen LogP contribution in [0.1, 0.15) is 71.6 Å². The Bertz CT molecular complexity index is 54.3. The molecule has 1 heteroatoms. The summed E-state index contributed by atoms with van der Waals surface area (Å²) < 4.78 is 0. The first kappa shape index (κ1) is 20.3. The summed E-state index contributed by atoms with van der Waals surface area (Å²) >= 11 is 0. The van der Waals surface area contributed by atoms with Crippen molar-refractivity contribution in [1.82, 2.24) is 0 Å². The van der Waals surface area contributed by atoms with Crippen LogP contribution in [0.2, 0.25) is 0 Å². The minimum Gasteiger partial charge on any atom is -0.343 e. The van der Waals surface area contributed by atoms with Gasteiger partial charge in [-0.25, -0.2) is 0 Å². The van der Waals surface area contributed by atoms with Crippen LogP contribution in [0.5, 0.6) is 0 Å². The van der Waals surface area contributed by atoms with Crippen LogP contribution in [-0.2, 0) is 25.8 Å². The summed E-state index contributed by atoms with van der Waals surface area (Å²) in [5.74, 6) is 0. The minimum atomic E-state index is 0. The molecule has 0 heterocycles. The van der Waals surface area contributed by atoms with Crippen LogP contribution < -0.4 is 0 Å². The molecule has 14 heavy (non-hydrogen) atoms. The maximum Gasteiger partial charge on any atom is 0 e. The van der Waals surface area contributed by atoms with E-state index >= 15 is 0 Å². The molecule has 0 saturated heterocycles. The smallest absolute Gasteiger partial charge is 0 e. The van der Waals surface area contributed by atoms with E-state index in [2.05, 4.69) is 27.7 Å². The monoisotopic (exact) mass is 229 g/mol. The number of rotatable bonds is 7. The molecule has 0 aliphatic heterocycles. The summed E-state index contributed by atoms with van der Waals surface area (Å²) in [6.45, 7) is 11.9. The second kappa shape index (κ2) is 23.6. The van der Waals surface area contributed by atoms with E-state index in [0.29, 0.717) is 0 Å². The van der Waals surface area contributed by atoms with Gasteiger partial charge in [0.1, 0.15) is 0 Å². The molecule has 0 aromatic heterocycles. The fraction of sp³-hybridized carbons (Fsp3) is 0.846. The van der Waals surface area contributed by atoms with Gasteiger partial charge in [-0.05, 0) is 0 Å². The summed E-state index contributed by atoms with van der Waals surface area (Å²) in [4.78, 5) is 0. The van der Waals surface area contributed by atoms with Crippen LogP contribution in [0, 0.1) is 13.8 Å². The van der Waals surface area contributed by atoms with Gasteiger partial charge in [-0.1, -0.05) is 58.8 Å². The fourth-order valence-electron chi connectivity index (χ4n) is 1.03. The Balaban J connectivity index is -0.000000163. The van der Waals surface area contributed by atoms with Crippen molar-refractivity contribution in [1.29, 1.82) is 0 Å². The molecule has 1 radical (unpaired) electrons. The van der Waals surface area contributed by atoms with Crippen molar-refractivity contribution >= 4 is 0 Å². The average Bonchev–Trinajstić information content (AvgIpc) is 2.17. The summed E-state index contributed by atoms with van der Waals surface area (Å²) in [6, 6.07) is 0. The normalized spacial score (nSPS) is 8.57. The SMILES string of the molecule is [CH2-]CCCCC.[CH2-]CCCCCC.[Sc]. The van der Waals surface area contributed by atoms with Crippen LogP contribution in [0.15, 0.2) is 0 Å². The third kappa shape index (κ3) is 29.3. The van der Waals surface area contributed by atoms with Crippen molar-refractivity contribution in [2.24, 2.45) is 0 Å². The number of unbranched alkanes of at least 4 members (excludes halogenated alkanes) is 7. The van der Waals surface area contributed by atoms with Gasteiger partial charge in [0.2, 0.25) is 0 Å². The van der Waals surface area contributed by atoms with Crippen LogP contribution in [0.3, 0.4) is 0 Å². The third-order valence-corrected chi connectivity index (χ3v) is 1.96. The molecule has 0 fully saturated rings. The molecule has 0 nitrogen and oxygen atoms in total. The van der Waals surface area contributed by atoms with E-state index in [1.807, 2.05) is 0 Å².